The number of nitrogens with one attached hydrogen (secondary N) is 1. The summed E-state index contributed by atoms with van der Waals surface area (Å²) >= 11 is 0. The van der Waals surface area contributed by atoms with E-state index in [-0.39, 0.29) is 5.91 Å². The molecule has 0 unspecified atom stereocenters. The van der Waals surface area contributed by atoms with Crippen LogP contribution in [0, 0.1) is 0 Å². The molecule has 1 aromatic heterocycles. The molecule has 1 fully saturated rings. The van der Waals surface area contributed by atoms with Crippen LogP contribution in [0.1, 0.15) is 24.8 Å². The van der Waals surface area contributed by atoms with Gasteiger partial charge in [-0.15, -0.1) is 0 Å². The molecule has 25 heavy (non-hydrogen) atoms. The van der Waals surface area contributed by atoms with E-state index in [1.54, 1.807) is 42.6 Å². The van der Waals surface area contributed by atoms with Crippen molar-refractivity contribution in [2.75, 3.05) is 18.4 Å². The number of benzene rings is 1. The maximum Gasteiger partial charge on any atom is 0.243 e. The number of hydrogen-bond donors (Lipinski definition) is 1. The Morgan fingerprint density at radius 1 is 1.08 bits per heavy atom. The lowest BCUT2D eigenvalue weighted by atomic mass is 10.1. The number of nitrogens with zero attached hydrogens (tertiary/aromatic N) is 2. The number of hydrogen-bond acceptors (Lipinski definition) is 4. The Labute approximate surface area is 147 Å². The third-order valence-electron chi connectivity index (χ3n) is 4.20. The van der Waals surface area contributed by atoms with Gasteiger partial charge in [-0.2, -0.15) is 4.31 Å². The second kappa shape index (κ2) is 7.76. The van der Waals surface area contributed by atoms with Gasteiger partial charge < -0.3 is 5.32 Å². The van der Waals surface area contributed by atoms with Gasteiger partial charge in [0.2, 0.25) is 15.9 Å². The zero-order chi connectivity index (χ0) is 17.7. The average molecular weight is 359 g/mol. The molecule has 1 saturated heterocycles. The number of carbonyl (C=O) groups is 1. The predicted molar refractivity (Wildman–Crippen MR) is 95.6 cm³/mol. The van der Waals surface area contributed by atoms with E-state index in [1.807, 2.05) is 6.07 Å². The van der Waals surface area contributed by atoms with E-state index in [9.17, 15) is 13.2 Å². The first-order valence-corrected chi connectivity index (χ1v) is 9.80. The Morgan fingerprint density at radius 2 is 1.80 bits per heavy atom. The molecule has 2 aromatic rings. The molecule has 0 spiro atoms. The molecule has 0 aliphatic carbocycles. The second-order valence-electron chi connectivity index (χ2n) is 6.02. The quantitative estimate of drug-likeness (QED) is 0.859. The van der Waals surface area contributed by atoms with Crippen LogP contribution in [-0.4, -0.2) is 36.7 Å². The minimum atomic E-state index is -3.38. The molecule has 1 aromatic carbocycles. The molecule has 0 radical (unpaired) electrons. The third kappa shape index (κ3) is 4.43. The normalized spacial score (nSPS) is 15.2. The van der Waals surface area contributed by atoms with Crippen molar-refractivity contribution in [1.82, 2.24) is 9.29 Å². The first-order valence-electron chi connectivity index (χ1n) is 8.36. The van der Waals surface area contributed by atoms with Crippen LogP contribution in [0.25, 0.3) is 0 Å². The van der Waals surface area contributed by atoms with E-state index in [1.165, 1.54) is 4.31 Å². The van der Waals surface area contributed by atoms with Gasteiger partial charge in [-0.1, -0.05) is 18.2 Å². The van der Waals surface area contributed by atoms with Gasteiger partial charge in [0.1, 0.15) is 5.82 Å². The SMILES string of the molecule is O=C(CCc1ccc(S(=O)(=O)N2CCCC2)cc1)Nc1ccccn1. The van der Waals surface area contributed by atoms with Gasteiger partial charge in [0, 0.05) is 25.7 Å². The first-order chi connectivity index (χ1) is 12.1. The van der Waals surface area contributed by atoms with E-state index in [0.717, 1.165) is 18.4 Å². The van der Waals surface area contributed by atoms with Crippen LogP contribution in [-0.2, 0) is 21.2 Å². The van der Waals surface area contributed by atoms with Crippen LogP contribution in [0.4, 0.5) is 5.82 Å². The van der Waals surface area contributed by atoms with Crippen LogP contribution in [0.3, 0.4) is 0 Å². The Morgan fingerprint density at radius 3 is 2.44 bits per heavy atom. The van der Waals surface area contributed by atoms with Crippen LogP contribution in [0.5, 0.6) is 0 Å². The van der Waals surface area contributed by atoms with Crippen molar-refractivity contribution >= 4 is 21.7 Å². The van der Waals surface area contributed by atoms with Gasteiger partial charge in [0.05, 0.1) is 4.90 Å². The summed E-state index contributed by atoms with van der Waals surface area (Å²) in [4.78, 5) is 16.3. The number of rotatable bonds is 6. The molecule has 132 valence electrons. The fraction of sp³-hybridized carbons (Fsp3) is 0.333. The number of carbonyl (C=O) groups excluding carboxylic acids is 1. The number of anilines is 1. The maximum atomic E-state index is 12.5. The molecule has 3 rings (SSSR count). The summed E-state index contributed by atoms with van der Waals surface area (Å²) in [7, 11) is -3.38. The van der Waals surface area contributed by atoms with Gasteiger partial charge in [-0.25, -0.2) is 13.4 Å². The Kier molecular flexibility index (Phi) is 5.45. The Balaban J connectivity index is 1.56. The maximum absolute atomic E-state index is 12.5. The summed E-state index contributed by atoms with van der Waals surface area (Å²) in [6.07, 6.45) is 4.32. The highest BCUT2D eigenvalue weighted by molar-refractivity contribution is 7.89. The Hall–Kier alpha value is -2.25. The van der Waals surface area contributed by atoms with Crippen molar-refractivity contribution in [2.45, 2.75) is 30.6 Å². The van der Waals surface area contributed by atoms with E-state index < -0.39 is 10.0 Å². The van der Waals surface area contributed by atoms with Gasteiger partial charge in [-0.3, -0.25) is 4.79 Å². The summed E-state index contributed by atoms with van der Waals surface area (Å²) < 4.78 is 26.5. The molecule has 0 saturated carbocycles. The Bertz CT molecular complexity index is 814. The van der Waals surface area contributed by atoms with Crippen LogP contribution in [0.2, 0.25) is 0 Å². The standard InChI is InChI=1S/C18H21N3O3S/c22-18(20-17-5-1-2-12-19-17)11-8-15-6-9-16(10-7-15)25(23,24)21-13-3-4-14-21/h1-2,5-7,9-10,12H,3-4,8,11,13-14H2,(H,19,20,22). The van der Waals surface area contributed by atoms with Gasteiger partial charge in [0.25, 0.3) is 0 Å². The van der Waals surface area contributed by atoms with E-state index in [2.05, 4.69) is 10.3 Å². The largest absolute Gasteiger partial charge is 0.311 e. The van der Waals surface area contributed by atoms with Crippen LogP contribution < -0.4 is 5.32 Å². The highest BCUT2D eigenvalue weighted by atomic mass is 32.2. The van der Waals surface area contributed by atoms with Crippen molar-refractivity contribution in [3.63, 3.8) is 0 Å². The number of aromatic nitrogens is 1. The van der Waals surface area contributed by atoms with Crippen LogP contribution >= 0.6 is 0 Å². The molecule has 1 N–H and O–H groups in total. The highest BCUT2D eigenvalue weighted by Crippen LogP contribution is 2.21. The number of pyridine rings is 1. The zero-order valence-corrected chi connectivity index (χ0v) is 14.7. The number of aryl methyl sites for hydroxylation is 1. The predicted octanol–water partition coefficient (Wildman–Crippen LogP) is 2.44. The minimum Gasteiger partial charge on any atom is -0.311 e. The third-order valence-corrected chi connectivity index (χ3v) is 6.11. The number of sulfonamides is 1. The number of amides is 1. The van der Waals surface area contributed by atoms with Crippen molar-refractivity contribution in [3.8, 4) is 0 Å². The first kappa shape index (κ1) is 17.6. The van der Waals surface area contributed by atoms with Crippen molar-refractivity contribution in [3.05, 3.63) is 54.2 Å². The monoisotopic (exact) mass is 359 g/mol. The topological polar surface area (TPSA) is 79.4 Å². The average Bonchev–Trinajstić information content (AvgIpc) is 3.17. The lowest BCUT2D eigenvalue weighted by Gasteiger charge is -2.15. The van der Waals surface area contributed by atoms with E-state index >= 15 is 0 Å². The van der Waals surface area contributed by atoms with E-state index in [0.29, 0.717) is 36.6 Å². The minimum absolute atomic E-state index is 0.118. The van der Waals surface area contributed by atoms with Crippen molar-refractivity contribution < 1.29 is 13.2 Å². The second-order valence-corrected chi connectivity index (χ2v) is 7.96. The molecule has 1 aliphatic heterocycles. The molecule has 1 aliphatic rings. The van der Waals surface area contributed by atoms with E-state index in [4.69, 9.17) is 0 Å². The summed E-state index contributed by atoms with van der Waals surface area (Å²) in [5.41, 5.74) is 0.927. The lowest BCUT2D eigenvalue weighted by molar-refractivity contribution is -0.116. The van der Waals surface area contributed by atoms with Crippen LogP contribution in [0.15, 0.2) is 53.6 Å². The van der Waals surface area contributed by atoms with Gasteiger partial charge in [-0.05, 0) is 49.1 Å². The molecule has 1 amide bonds. The molecule has 6 nitrogen and oxygen atoms in total. The summed E-state index contributed by atoms with van der Waals surface area (Å²) in [5.74, 6) is 0.409. The molecule has 0 bridgehead atoms. The summed E-state index contributed by atoms with van der Waals surface area (Å²) in [6.45, 7) is 1.19. The molecular weight excluding hydrogens is 338 g/mol. The summed E-state index contributed by atoms with van der Waals surface area (Å²) in [5, 5.41) is 2.73. The highest BCUT2D eigenvalue weighted by Gasteiger charge is 2.26. The molecule has 2 heterocycles. The fourth-order valence-corrected chi connectivity index (χ4v) is 4.32. The zero-order valence-electron chi connectivity index (χ0n) is 13.9. The lowest BCUT2D eigenvalue weighted by Crippen LogP contribution is -2.27. The van der Waals surface area contributed by atoms with Gasteiger partial charge >= 0.3 is 0 Å². The summed E-state index contributed by atoms with van der Waals surface area (Å²) in [6, 6.07) is 12.1. The molecular formula is C18H21N3O3S. The fourth-order valence-electron chi connectivity index (χ4n) is 2.81. The van der Waals surface area contributed by atoms with Gasteiger partial charge in [0.15, 0.2) is 0 Å². The smallest absolute Gasteiger partial charge is 0.243 e. The van der Waals surface area contributed by atoms with Crippen molar-refractivity contribution in [1.29, 1.82) is 0 Å². The van der Waals surface area contributed by atoms with Crippen molar-refractivity contribution in [2.24, 2.45) is 0 Å². The molecule has 0 atom stereocenters. The molecule has 7 heteroatoms.